The summed E-state index contributed by atoms with van der Waals surface area (Å²) in [7, 11) is 0. The molecule has 40 heavy (non-hydrogen) atoms. The third kappa shape index (κ3) is 13.8. The quantitative estimate of drug-likeness (QED) is 0.194. The Labute approximate surface area is 236 Å². The number of nitrogens with two attached hydrogens (primary N) is 2. The first kappa shape index (κ1) is 34.9. The van der Waals surface area contributed by atoms with E-state index in [9.17, 15) is 28.3 Å². The van der Waals surface area contributed by atoms with Gasteiger partial charge in [0.25, 0.3) is 5.91 Å². The highest BCUT2D eigenvalue weighted by molar-refractivity contribution is 5.99. The number of amides is 2. The van der Waals surface area contributed by atoms with Crippen molar-refractivity contribution in [3.05, 3.63) is 70.3 Å². The number of rotatable bonds is 16. The fourth-order valence-electron chi connectivity index (χ4n) is 4.33. The number of carbonyl (C=O) groups is 3. The third-order valence-electron chi connectivity index (χ3n) is 6.34. The number of hydrogen-bond donors (Lipinski definition) is 3. The molecule has 0 fully saturated rings. The second-order valence-electron chi connectivity index (χ2n) is 10.1. The van der Waals surface area contributed by atoms with Gasteiger partial charge in [0.1, 0.15) is 17.9 Å². The highest BCUT2D eigenvalue weighted by atomic mass is 19.1. The van der Waals surface area contributed by atoms with E-state index in [2.05, 4.69) is 0 Å². The maximum atomic E-state index is 13.0. The second-order valence-corrected chi connectivity index (χ2v) is 10.1. The Kier molecular flexibility index (Phi) is 16.6. The van der Waals surface area contributed by atoms with Crippen LogP contribution in [0.25, 0.3) is 0 Å². The van der Waals surface area contributed by atoms with Crippen LogP contribution in [-0.4, -0.2) is 53.3 Å². The smallest absolute Gasteiger partial charge is 0.253 e. The van der Waals surface area contributed by atoms with E-state index in [0.29, 0.717) is 48.8 Å². The van der Waals surface area contributed by atoms with Crippen LogP contribution in [0.5, 0.6) is 0 Å². The Morgan fingerprint density at radius 2 is 1.52 bits per heavy atom. The van der Waals surface area contributed by atoms with Crippen molar-refractivity contribution in [1.82, 2.24) is 4.90 Å². The summed E-state index contributed by atoms with van der Waals surface area (Å²) in [5.41, 5.74) is 13.5. The van der Waals surface area contributed by atoms with Crippen LogP contribution in [0.1, 0.15) is 97.1 Å². The molecule has 0 heterocycles. The number of unbranched alkanes of at least 4 members (excludes halogenated alkanes) is 1. The summed E-state index contributed by atoms with van der Waals surface area (Å²) < 4.78 is 26.0. The monoisotopic (exact) mass is 561 g/mol. The largest absolute Gasteiger partial charge is 0.393 e. The van der Waals surface area contributed by atoms with Crippen LogP contribution in [0.2, 0.25) is 0 Å². The minimum absolute atomic E-state index is 0.0220. The first-order valence-corrected chi connectivity index (χ1v) is 14.0. The number of aryl methyl sites for hydroxylation is 2. The molecule has 7 nitrogen and oxygen atoms in total. The SMILES string of the molecule is CCCN(CCC)C(=O)c1cc(C)cc(C(N)=O)c1.NC(CCCC=O)CCC(O)CCc1cc(F)cc(F)c1. The van der Waals surface area contributed by atoms with E-state index in [1.54, 1.807) is 18.2 Å². The number of halogens is 2. The lowest BCUT2D eigenvalue weighted by atomic mass is 9.99. The molecule has 0 radical (unpaired) electrons. The molecule has 0 spiro atoms. The highest BCUT2D eigenvalue weighted by Crippen LogP contribution is 2.15. The van der Waals surface area contributed by atoms with Crippen LogP contribution in [0.15, 0.2) is 36.4 Å². The first-order chi connectivity index (χ1) is 19.0. The van der Waals surface area contributed by atoms with Gasteiger partial charge in [-0.15, -0.1) is 0 Å². The van der Waals surface area contributed by atoms with Gasteiger partial charge in [-0.05, 0) is 99.7 Å². The predicted octanol–water partition coefficient (Wildman–Crippen LogP) is 5.09. The van der Waals surface area contributed by atoms with Gasteiger partial charge in [-0.1, -0.05) is 13.8 Å². The van der Waals surface area contributed by atoms with Crippen LogP contribution < -0.4 is 11.5 Å². The van der Waals surface area contributed by atoms with Crippen LogP contribution in [0.3, 0.4) is 0 Å². The topological polar surface area (TPSA) is 127 Å². The van der Waals surface area contributed by atoms with Gasteiger partial charge in [-0.2, -0.15) is 0 Å². The summed E-state index contributed by atoms with van der Waals surface area (Å²) in [6.07, 6.45) is 6.33. The number of benzene rings is 2. The molecule has 0 saturated carbocycles. The molecule has 2 unspecified atom stereocenters. The lowest BCUT2D eigenvalue weighted by Gasteiger charge is -2.22. The number of nitrogens with zero attached hydrogens (tertiary/aromatic N) is 1. The Balaban J connectivity index is 0.000000402. The molecule has 0 bridgehead atoms. The fourth-order valence-corrected chi connectivity index (χ4v) is 4.33. The van der Waals surface area contributed by atoms with E-state index in [0.717, 1.165) is 56.7 Å². The molecule has 2 rings (SSSR count). The van der Waals surface area contributed by atoms with E-state index in [-0.39, 0.29) is 11.9 Å². The molecule has 0 aliphatic rings. The van der Waals surface area contributed by atoms with E-state index in [1.165, 1.54) is 12.1 Å². The zero-order valence-electron chi connectivity index (χ0n) is 24.0. The molecular weight excluding hydrogens is 516 g/mol. The Morgan fingerprint density at radius 1 is 0.925 bits per heavy atom. The summed E-state index contributed by atoms with van der Waals surface area (Å²) in [6.45, 7) is 7.40. The molecule has 2 aromatic rings. The molecule has 0 aromatic heterocycles. The molecule has 5 N–H and O–H groups in total. The molecule has 0 saturated heterocycles. The third-order valence-corrected chi connectivity index (χ3v) is 6.34. The predicted molar refractivity (Wildman–Crippen MR) is 154 cm³/mol. The number of hydrogen-bond acceptors (Lipinski definition) is 5. The minimum Gasteiger partial charge on any atom is -0.393 e. The Hall–Kier alpha value is -3.17. The molecule has 2 atom stereocenters. The summed E-state index contributed by atoms with van der Waals surface area (Å²) >= 11 is 0. The highest BCUT2D eigenvalue weighted by Gasteiger charge is 2.16. The Morgan fingerprint density at radius 3 is 2.08 bits per heavy atom. The minimum atomic E-state index is -0.600. The fraction of sp³-hybridized carbons (Fsp3) is 0.516. The van der Waals surface area contributed by atoms with Gasteiger partial charge < -0.3 is 26.3 Å². The standard InChI is InChI=1S/C16H23F2NO2.C15H22N2O2/c17-13-9-12(10-14(18)11-13)4-6-16(21)7-5-15(19)3-1-2-8-20;1-4-6-17(7-5-2)15(19)13-9-11(3)8-12(10-13)14(16)18/h8-11,15-16,21H,1-7,19H2;8-10H,4-7H2,1-3H3,(H2,16,18). The first-order valence-electron chi connectivity index (χ1n) is 14.0. The van der Waals surface area contributed by atoms with Gasteiger partial charge in [-0.25, -0.2) is 8.78 Å². The molecule has 2 amide bonds. The lowest BCUT2D eigenvalue weighted by Crippen LogP contribution is -2.32. The van der Waals surface area contributed by atoms with Gasteiger partial charge in [0.05, 0.1) is 6.10 Å². The van der Waals surface area contributed by atoms with Crippen molar-refractivity contribution in [3.63, 3.8) is 0 Å². The van der Waals surface area contributed by atoms with Crippen LogP contribution in [0, 0.1) is 18.6 Å². The van der Waals surface area contributed by atoms with Crippen molar-refractivity contribution in [3.8, 4) is 0 Å². The van der Waals surface area contributed by atoms with E-state index < -0.39 is 23.6 Å². The van der Waals surface area contributed by atoms with Crippen molar-refractivity contribution >= 4 is 18.1 Å². The molecule has 2 aromatic carbocycles. The summed E-state index contributed by atoms with van der Waals surface area (Å²) in [6, 6.07) is 8.44. The zero-order valence-corrected chi connectivity index (χ0v) is 24.0. The molecular formula is C31H45F2N3O4. The van der Waals surface area contributed by atoms with E-state index in [1.807, 2.05) is 25.7 Å². The number of aliphatic hydroxyl groups excluding tert-OH is 1. The van der Waals surface area contributed by atoms with E-state index >= 15 is 0 Å². The van der Waals surface area contributed by atoms with Crippen molar-refractivity contribution in [2.24, 2.45) is 11.5 Å². The number of primary amides is 1. The summed E-state index contributed by atoms with van der Waals surface area (Å²) in [4.78, 5) is 35.7. The van der Waals surface area contributed by atoms with Gasteiger partial charge in [0, 0.05) is 42.7 Å². The van der Waals surface area contributed by atoms with Gasteiger partial charge in [0.15, 0.2) is 0 Å². The molecule has 0 aliphatic carbocycles. The zero-order chi connectivity index (χ0) is 30.1. The average molecular weight is 562 g/mol. The van der Waals surface area contributed by atoms with Gasteiger partial charge >= 0.3 is 0 Å². The number of carbonyl (C=O) groups excluding carboxylic acids is 3. The van der Waals surface area contributed by atoms with Crippen molar-refractivity contribution in [1.29, 1.82) is 0 Å². The summed E-state index contributed by atoms with van der Waals surface area (Å²) in [5, 5.41) is 9.87. The van der Waals surface area contributed by atoms with Crippen LogP contribution in [-0.2, 0) is 11.2 Å². The average Bonchev–Trinajstić information content (AvgIpc) is 2.90. The maximum absolute atomic E-state index is 13.0. The Bertz CT molecular complexity index is 1050. The van der Waals surface area contributed by atoms with Crippen LogP contribution in [0.4, 0.5) is 8.78 Å². The van der Waals surface area contributed by atoms with Crippen molar-refractivity contribution < 1.29 is 28.3 Å². The van der Waals surface area contributed by atoms with Gasteiger partial charge in [0.2, 0.25) is 5.91 Å². The normalized spacial score (nSPS) is 12.2. The van der Waals surface area contributed by atoms with Crippen LogP contribution >= 0.6 is 0 Å². The maximum Gasteiger partial charge on any atom is 0.253 e. The number of aliphatic hydroxyl groups is 1. The number of aldehydes is 1. The lowest BCUT2D eigenvalue weighted by molar-refractivity contribution is -0.107. The van der Waals surface area contributed by atoms with Gasteiger partial charge in [-0.3, -0.25) is 9.59 Å². The summed E-state index contributed by atoms with van der Waals surface area (Å²) in [5.74, 6) is -1.74. The molecule has 0 aliphatic heterocycles. The second kappa shape index (κ2) is 19.0. The molecule has 9 heteroatoms. The molecule has 222 valence electrons. The van der Waals surface area contributed by atoms with E-state index in [4.69, 9.17) is 11.5 Å². The van der Waals surface area contributed by atoms with Crippen molar-refractivity contribution in [2.75, 3.05) is 13.1 Å². The van der Waals surface area contributed by atoms with Crippen molar-refractivity contribution in [2.45, 2.75) is 90.7 Å².